The summed E-state index contributed by atoms with van der Waals surface area (Å²) in [6, 6.07) is 16.9. The zero-order valence-electron chi connectivity index (χ0n) is 15.9. The van der Waals surface area contributed by atoms with E-state index in [-0.39, 0.29) is 17.4 Å². The first kappa shape index (κ1) is 19.6. The van der Waals surface area contributed by atoms with E-state index in [1.54, 1.807) is 55.0 Å². The number of carbonyl (C=O) groups is 1. The molecule has 2 heterocycles. The van der Waals surface area contributed by atoms with Gasteiger partial charge in [0.2, 0.25) is 0 Å². The van der Waals surface area contributed by atoms with Crippen LogP contribution in [0.4, 0.5) is 21.6 Å². The number of aromatic nitrogens is 4. The SMILES string of the molecule is Cn1cnnc1Sc1ccc(NC(=O)c2cccnc2Nc2ccccc2F)cc1. The van der Waals surface area contributed by atoms with Crippen LogP contribution in [0.25, 0.3) is 0 Å². The van der Waals surface area contributed by atoms with E-state index in [2.05, 4.69) is 25.8 Å². The van der Waals surface area contributed by atoms with Crippen LogP contribution in [0, 0.1) is 5.82 Å². The summed E-state index contributed by atoms with van der Waals surface area (Å²) >= 11 is 1.47. The van der Waals surface area contributed by atoms with Gasteiger partial charge in [0, 0.05) is 23.8 Å². The standard InChI is InChI=1S/C21H17FN6OS/c1-28-13-24-27-21(28)30-15-10-8-14(9-11-15)25-20(29)16-5-4-12-23-19(16)26-18-7-3-2-6-17(18)22/h2-13H,1H3,(H,23,26)(H,25,29). The van der Waals surface area contributed by atoms with Gasteiger partial charge >= 0.3 is 0 Å². The van der Waals surface area contributed by atoms with Crippen molar-refractivity contribution in [3.8, 4) is 0 Å². The molecule has 0 unspecified atom stereocenters. The number of para-hydroxylation sites is 1. The molecule has 150 valence electrons. The smallest absolute Gasteiger partial charge is 0.259 e. The number of pyridine rings is 1. The molecule has 0 bridgehead atoms. The lowest BCUT2D eigenvalue weighted by Gasteiger charge is -2.12. The van der Waals surface area contributed by atoms with Crippen LogP contribution in [0.5, 0.6) is 0 Å². The highest BCUT2D eigenvalue weighted by Crippen LogP contribution is 2.27. The normalized spacial score (nSPS) is 10.6. The van der Waals surface area contributed by atoms with Gasteiger partial charge in [-0.15, -0.1) is 10.2 Å². The first-order valence-electron chi connectivity index (χ1n) is 9.00. The third kappa shape index (κ3) is 4.47. The van der Waals surface area contributed by atoms with Gasteiger partial charge in [0.05, 0.1) is 11.3 Å². The van der Waals surface area contributed by atoms with Gasteiger partial charge in [0.25, 0.3) is 5.91 Å². The minimum atomic E-state index is -0.425. The molecule has 0 fully saturated rings. The van der Waals surface area contributed by atoms with E-state index in [0.29, 0.717) is 11.3 Å². The molecule has 2 aromatic carbocycles. The summed E-state index contributed by atoms with van der Waals surface area (Å²) < 4.78 is 15.8. The number of nitrogens with one attached hydrogen (secondary N) is 2. The van der Waals surface area contributed by atoms with Crippen molar-refractivity contribution < 1.29 is 9.18 Å². The number of halogens is 1. The van der Waals surface area contributed by atoms with Gasteiger partial charge in [-0.1, -0.05) is 12.1 Å². The molecule has 0 aliphatic carbocycles. The summed E-state index contributed by atoms with van der Waals surface area (Å²) in [6.07, 6.45) is 3.18. The molecule has 0 aliphatic heterocycles. The van der Waals surface area contributed by atoms with Crippen molar-refractivity contribution in [2.75, 3.05) is 10.6 Å². The molecule has 0 radical (unpaired) electrons. The number of hydrogen-bond donors (Lipinski definition) is 2. The molecule has 0 aliphatic rings. The van der Waals surface area contributed by atoms with E-state index >= 15 is 0 Å². The molecule has 0 spiro atoms. The first-order valence-corrected chi connectivity index (χ1v) is 9.81. The van der Waals surface area contributed by atoms with E-state index in [0.717, 1.165) is 10.1 Å². The Hall–Kier alpha value is -3.72. The molecule has 7 nitrogen and oxygen atoms in total. The van der Waals surface area contributed by atoms with Crippen LogP contribution in [0.1, 0.15) is 10.4 Å². The van der Waals surface area contributed by atoms with Crippen molar-refractivity contribution in [2.45, 2.75) is 10.1 Å². The Morgan fingerprint density at radius 2 is 1.87 bits per heavy atom. The summed E-state index contributed by atoms with van der Waals surface area (Å²) in [6.45, 7) is 0. The summed E-state index contributed by atoms with van der Waals surface area (Å²) in [5.41, 5.74) is 1.18. The highest BCUT2D eigenvalue weighted by atomic mass is 32.2. The number of amides is 1. The average molecular weight is 420 g/mol. The Labute approximate surface area is 176 Å². The second-order valence-electron chi connectivity index (χ2n) is 6.31. The molecule has 2 N–H and O–H groups in total. The Morgan fingerprint density at radius 1 is 1.07 bits per heavy atom. The molecule has 4 rings (SSSR count). The average Bonchev–Trinajstić information content (AvgIpc) is 3.16. The monoisotopic (exact) mass is 420 g/mol. The van der Waals surface area contributed by atoms with Crippen molar-refractivity contribution in [1.82, 2.24) is 19.7 Å². The van der Waals surface area contributed by atoms with Crippen molar-refractivity contribution >= 4 is 34.9 Å². The number of aryl methyl sites for hydroxylation is 1. The summed E-state index contributed by atoms with van der Waals surface area (Å²) in [5.74, 6) is -0.504. The maximum atomic E-state index is 14.0. The van der Waals surface area contributed by atoms with Gasteiger partial charge in [-0.2, -0.15) is 0 Å². The Morgan fingerprint density at radius 3 is 2.60 bits per heavy atom. The number of hydrogen-bond acceptors (Lipinski definition) is 6. The summed E-state index contributed by atoms with van der Waals surface area (Å²) in [4.78, 5) is 17.9. The Kier molecular flexibility index (Phi) is 5.71. The largest absolute Gasteiger partial charge is 0.337 e. The van der Waals surface area contributed by atoms with Crippen LogP contribution >= 0.6 is 11.8 Å². The molecule has 9 heteroatoms. The maximum absolute atomic E-state index is 14.0. The van der Waals surface area contributed by atoms with Gasteiger partial charge in [-0.3, -0.25) is 4.79 Å². The summed E-state index contributed by atoms with van der Waals surface area (Å²) in [5, 5.41) is 14.4. The minimum absolute atomic E-state index is 0.246. The third-order valence-corrected chi connectivity index (χ3v) is 5.23. The predicted molar refractivity (Wildman–Crippen MR) is 113 cm³/mol. The van der Waals surface area contributed by atoms with Crippen LogP contribution in [0.3, 0.4) is 0 Å². The third-order valence-electron chi connectivity index (χ3n) is 4.17. The van der Waals surface area contributed by atoms with E-state index in [4.69, 9.17) is 0 Å². The Bertz CT molecular complexity index is 1180. The number of anilines is 3. The fourth-order valence-corrected chi connectivity index (χ4v) is 3.42. The van der Waals surface area contributed by atoms with Gasteiger partial charge in [-0.05, 0) is 60.3 Å². The van der Waals surface area contributed by atoms with Crippen molar-refractivity contribution in [2.24, 2.45) is 7.05 Å². The number of benzene rings is 2. The predicted octanol–water partition coefficient (Wildman–Crippen LogP) is 4.50. The molecule has 0 saturated carbocycles. The van der Waals surface area contributed by atoms with E-state index in [1.807, 2.05) is 23.7 Å². The molecule has 0 saturated heterocycles. The topological polar surface area (TPSA) is 84.7 Å². The highest BCUT2D eigenvalue weighted by molar-refractivity contribution is 7.99. The van der Waals surface area contributed by atoms with Gasteiger partial charge in [-0.25, -0.2) is 9.37 Å². The number of nitrogens with zero attached hydrogens (tertiary/aromatic N) is 4. The van der Waals surface area contributed by atoms with Crippen molar-refractivity contribution in [3.63, 3.8) is 0 Å². The molecular formula is C21H17FN6OS. The van der Waals surface area contributed by atoms with Gasteiger partial charge in [0.15, 0.2) is 5.16 Å². The maximum Gasteiger partial charge on any atom is 0.259 e. The lowest BCUT2D eigenvalue weighted by molar-refractivity contribution is 0.102. The van der Waals surface area contributed by atoms with Crippen LogP contribution in [0.15, 0.2) is 83.2 Å². The van der Waals surface area contributed by atoms with Crippen LogP contribution < -0.4 is 10.6 Å². The molecule has 30 heavy (non-hydrogen) atoms. The second kappa shape index (κ2) is 8.75. The van der Waals surface area contributed by atoms with Crippen molar-refractivity contribution in [3.05, 3.63) is 84.6 Å². The lowest BCUT2D eigenvalue weighted by Crippen LogP contribution is -2.14. The highest BCUT2D eigenvalue weighted by Gasteiger charge is 2.14. The second-order valence-corrected chi connectivity index (χ2v) is 7.35. The van der Waals surface area contributed by atoms with E-state index in [9.17, 15) is 9.18 Å². The first-order chi connectivity index (χ1) is 14.6. The fraction of sp³-hybridized carbons (Fsp3) is 0.0476. The molecular weight excluding hydrogens is 403 g/mol. The van der Waals surface area contributed by atoms with Crippen molar-refractivity contribution in [1.29, 1.82) is 0 Å². The van der Waals surface area contributed by atoms with Crippen LogP contribution in [0.2, 0.25) is 0 Å². The number of carbonyl (C=O) groups excluding carboxylic acids is 1. The van der Waals surface area contributed by atoms with E-state index in [1.165, 1.54) is 17.8 Å². The molecule has 2 aromatic heterocycles. The van der Waals surface area contributed by atoms with Gasteiger partial charge in [0.1, 0.15) is 18.0 Å². The zero-order valence-corrected chi connectivity index (χ0v) is 16.7. The quantitative estimate of drug-likeness (QED) is 0.478. The van der Waals surface area contributed by atoms with E-state index < -0.39 is 5.82 Å². The summed E-state index contributed by atoms with van der Waals surface area (Å²) in [7, 11) is 1.87. The zero-order chi connectivity index (χ0) is 20.9. The molecule has 0 atom stereocenters. The van der Waals surface area contributed by atoms with Crippen LogP contribution in [-0.2, 0) is 7.05 Å². The fourth-order valence-electron chi connectivity index (χ4n) is 2.65. The Balaban J connectivity index is 1.48. The number of rotatable bonds is 6. The molecule has 1 amide bonds. The molecule has 4 aromatic rings. The minimum Gasteiger partial charge on any atom is -0.337 e. The van der Waals surface area contributed by atoms with Gasteiger partial charge < -0.3 is 15.2 Å². The lowest BCUT2D eigenvalue weighted by atomic mass is 10.2. The van der Waals surface area contributed by atoms with Crippen LogP contribution in [-0.4, -0.2) is 25.7 Å².